The van der Waals surface area contributed by atoms with E-state index in [1.54, 1.807) is 0 Å². The van der Waals surface area contributed by atoms with Crippen molar-refractivity contribution in [1.29, 1.82) is 0 Å². The highest BCUT2D eigenvalue weighted by Gasteiger charge is 2.28. The third-order valence-electron chi connectivity index (χ3n) is 5.67. The summed E-state index contributed by atoms with van der Waals surface area (Å²) in [4.78, 5) is 18.8. The Balaban J connectivity index is 1.98. The van der Waals surface area contributed by atoms with Gasteiger partial charge >= 0.3 is 6.09 Å². The van der Waals surface area contributed by atoms with Gasteiger partial charge in [-0.25, -0.2) is 40.7 Å². The minimum atomic E-state index is -4.86. The second-order valence-corrected chi connectivity index (χ2v) is 13.4. The fourth-order valence-electron chi connectivity index (χ4n) is 3.58. The van der Waals surface area contributed by atoms with Crippen molar-refractivity contribution in [3.8, 4) is 0 Å². The molecule has 1 unspecified atom stereocenters. The second kappa shape index (κ2) is 14.5. The van der Waals surface area contributed by atoms with Gasteiger partial charge in [-0.05, 0) is 63.1 Å². The van der Waals surface area contributed by atoms with E-state index in [0.717, 1.165) is 36.2 Å². The average Bonchev–Trinajstić information content (AvgIpc) is 2.96. The molecule has 0 bridgehead atoms. The SMILES string of the molecule is C=C[C@@H](CNc1nccc(C(N)C(=NSC(C)(C)C)c2cccc(NS(=O)(=O)c3c(F)cccc3F)c2F)n1)NC(=O)OC. The topological polar surface area (TPSA) is 161 Å². The molecule has 44 heavy (non-hydrogen) atoms. The number of aromatic nitrogens is 2. The lowest BCUT2D eigenvalue weighted by Crippen LogP contribution is -2.38. The van der Waals surface area contributed by atoms with Crippen LogP contribution in [0.5, 0.6) is 0 Å². The van der Waals surface area contributed by atoms with E-state index < -0.39 is 61.0 Å². The van der Waals surface area contributed by atoms with Crippen LogP contribution < -0.4 is 21.1 Å². The first-order valence-corrected chi connectivity index (χ1v) is 15.2. The number of sulfonamides is 1. The zero-order valence-electron chi connectivity index (χ0n) is 24.3. The molecule has 3 aromatic rings. The van der Waals surface area contributed by atoms with Crippen LogP contribution in [0.4, 0.5) is 29.6 Å². The molecular weight excluding hydrogens is 619 g/mol. The minimum Gasteiger partial charge on any atom is -0.453 e. The first-order chi connectivity index (χ1) is 20.7. The van der Waals surface area contributed by atoms with Crippen LogP contribution in [0.3, 0.4) is 0 Å². The van der Waals surface area contributed by atoms with Crippen molar-refractivity contribution in [2.45, 2.75) is 42.5 Å². The number of carbonyl (C=O) groups is 1. The molecule has 0 aliphatic heterocycles. The molecule has 3 rings (SSSR count). The van der Waals surface area contributed by atoms with Gasteiger partial charge in [-0.2, -0.15) is 0 Å². The molecule has 0 spiro atoms. The molecule has 11 nitrogen and oxygen atoms in total. The Kier molecular flexibility index (Phi) is 11.4. The first kappa shape index (κ1) is 34.3. The predicted molar refractivity (Wildman–Crippen MR) is 164 cm³/mol. The van der Waals surface area contributed by atoms with Crippen LogP contribution in [0.25, 0.3) is 0 Å². The summed E-state index contributed by atoms with van der Waals surface area (Å²) in [7, 11) is -3.64. The summed E-state index contributed by atoms with van der Waals surface area (Å²) >= 11 is 1.10. The summed E-state index contributed by atoms with van der Waals surface area (Å²) in [5, 5.41) is 5.51. The maximum absolute atomic E-state index is 16.0. The Hall–Kier alpha value is -4.15. The van der Waals surface area contributed by atoms with Crippen molar-refractivity contribution in [3.05, 3.63) is 90.0 Å². The Labute approximate surface area is 257 Å². The third-order valence-corrected chi connectivity index (χ3v) is 7.92. The normalized spacial score (nSPS) is 13.5. The van der Waals surface area contributed by atoms with E-state index in [1.165, 1.54) is 37.6 Å². The molecule has 236 valence electrons. The molecule has 0 saturated carbocycles. The largest absolute Gasteiger partial charge is 0.453 e. The molecule has 0 fully saturated rings. The lowest BCUT2D eigenvalue weighted by Gasteiger charge is -2.20. The summed E-state index contributed by atoms with van der Waals surface area (Å²) in [6.07, 6.45) is 2.24. The van der Waals surface area contributed by atoms with Crippen LogP contribution in [-0.2, 0) is 14.8 Å². The minimum absolute atomic E-state index is 0.00141. The molecule has 0 saturated heterocycles. The maximum Gasteiger partial charge on any atom is 0.407 e. The number of hydrogen-bond donors (Lipinski definition) is 4. The van der Waals surface area contributed by atoms with Crippen molar-refractivity contribution in [3.63, 3.8) is 0 Å². The van der Waals surface area contributed by atoms with Gasteiger partial charge in [0.05, 0.1) is 36.3 Å². The number of nitrogens with two attached hydrogens (primary N) is 1. The van der Waals surface area contributed by atoms with Crippen molar-refractivity contribution in [2.24, 2.45) is 10.1 Å². The second-order valence-electron chi connectivity index (χ2n) is 10.1. The molecule has 1 aromatic heterocycles. The number of anilines is 2. The fourth-order valence-corrected chi connectivity index (χ4v) is 5.36. The number of methoxy groups -OCH3 is 1. The van der Waals surface area contributed by atoms with E-state index in [1.807, 2.05) is 25.5 Å². The lowest BCUT2D eigenvalue weighted by molar-refractivity contribution is 0.169. The first-order valence-electron chi connectivity index (χ1n) is 13.0. The van der Waals surface area contributed by atoms with E-state index in [0.29, 0.717) is 0 Å². The number of alkyl carbamates (subject to hydrolysis) is 1. The number of rotatable bonds is 12. The van der Waals surface area contributed by atoms with Gasteiger partial charge in [0.2, 0.25) is 5.95 Å². The van der Waals surface area contributed by atoms with Crippen LogP contribution in [0.1, 0.15) is 38.1 Å². The van der Waals surface area contributed by atoms with Crippen molar-refractivity contribution in [1.82, 2.24) is 15.3 Å². The van der Waals surface area contributed by atoms with Gasteiger partial charge in [-0.15, -0.1) is 6.58 Å². The van der Waals surface area contributed by atoms with E-state index in [9.17, 15) is 22.0 Å². The zero-order valence-corrected chi connectivity index (χ0v) is 25.9. The van der Waals surface area contributed by atoms with Gasteiger partial charge in [0.15, 0.2) is 10.7 Å². The third kappa shape index (κ3) is 8.93. The summed E-state index contributed by atoms with van der Waals surface area (Å²) < 4.78 is 80.8. The Morgan fingerprint density at radius 3 is 2.43 bits per heavy atom. The number of amides is 1. The number of benzene rings is 2. The highest BCUT2D eigenvalue weighted by Crippen LogP contribution is 2.31. The van der Waals surface area contributed by atoms with Crippen LogP contribution in [0.15, 0.2) is 70.6 Å². The molecule has 1 amide bonds. The van der Waals surface area contributed by atoms with Crippen molar-refractivity contribution in [2.75, 3.05) is 23.7 Å². The number of nitrogens with zero attached hydrogens (tertiary/aromatic N) is 3. The molecule has 0 aliphatic rings. The standard InChI is InChI=1S/C28H32F3N7O4S2/c1-6-16(35-27(39)42-5)15-34-26-33-14-13-21(36-26)23(32)24(37-43-28(2,3)4)17-9-7-12-20(22(17)31)38-44(40,41)25-18(29)10-8-11-19(25)30/h6-14,16,23,38H,1,15,32H2,2-5H3,(H,35,39)(H,33,34,36)/t16-,23?/m0/s1. The summed E-state index contributed by atoms with van der Waals surface area (Å²) in [5.74, 6) is -3.62. The number of nitrogens with one attached hydrogen (secondary N) is 3. The summed E-state index contributed by atoms with van der Waals surface area (Å²) in [6.45, 7) is 9.44. The molecule has 2 atom stereocenters. The van der Waals surface area contributed by atoms with E-state index in [-0.39, 0.29) is 29.5 Å². The Morgan fingerprint density at radius 2 is 1.82 bits per heavy atom. The summed E-state index contributed by atoms with van der Waals surface area (Å²) in [6, 6.07) is 6.17. The zero-order chi connectivity index (χ0) is 32.7. The van der Waals surface area contributed by atoms with Gasteiger partial charge in [0, 0.05) is 23.1 Å². The van der Waals surface area contributed by atoms with Gasteiger partial charge < -0.3 is 21.1 Å². The molecule has 1 heterocycles. The Morgan fingerprint density at radius 1 is 1.16 bits per heavy atom. The Bertz CT molecular complexity index is 1630. The van der Waals surface area contributed by atoms with Crippen LogP contribution in [-0.4, -0.2) is 54.6 Å². The van der Waals surface area contributed by atoms with Gasteiger partial charge in [0.1, 0.15) is 11.6 Å². The van der Waals surface area contributed by atoms with Gasteiger partial charge in [0.25, 0.3) is 10.0 Å². The van der Waals surface area contributed by atoms with Crippen LogP contribution in [0, 0.1) is 17.5 Å². The quantitative estimate of drug-likeness (QED) is 0.121. The number of halogens is 3. The molecule has 0 aliphatic carbocycles. The van der Waals surface area contributed by atoms with Crippen LogP contribution in [0.2, 0.25) is 0 Å². The van der Waals surface area contributed by atoms with E-state index in [2.05, 4.69) is 36.3 Å². The lowest BCUT2D eigenvalue weighted by atomic mass is 10.00. The summed E-state index contributed by atoms with van der Waals surface area (Å²) in [5.41, 5.74) is 6.03. The molecule has 16 heteroatoms. The monoisotopic (exact) mass is 651 g/mol. The number of ether oxygens (including phenoxy) is 1. The van der Waals surface area contributed by atoms with Crippen molar-refractivity contribution < 1.29 is 31.1 Å². The smallest absolute Gasteiger partial charge is 0.407 e. The van der Waals surface area contributed by atoms with E-state index in [4.69, 9.17) is 5.73 Å². The van der Waals surface area contributed by atoms with Crippen LogP contribution >= 0.6 is 11.9 Å². The van der Waals surface area contributed by atoms with E-state index >= 15 is 4.39 Å². The highest BCUT2D eigenvalue weighted by atomic mass is 32.2. The number of carbonyl (C=O) groups excluding carboxylic acids is 1. The van der Waals surface area contributed by atoms with Gasteiger partial charge in [-0.1, -0.05) is 18.2 Å². The molecule has 5 N–H and O–H groups in total. The maximum atomic E-state index is 16.0. The molecule has 2 aromatic carbocycles. The predicted octanol–water partition coefficient (Wildman–Crippen LogP) is 4.95. The molecule has 0 radical (unpaired) electrons. The van der Waals surface area contributed by atoms with Gasteiger partial charge in [-0.3, -0.25) is 4.72 Å². The fraction of sp³-hybridized carbons (Fsp3) is 0.286. The number of hydrogen-bond acceptors (Lipinski definition) is 10. The highest BCUT2D eigenvalue weighted by molar-refractivity contribution is 7.99. The molecular formula is C28H32F3N7O4S2. The average molecular weight is 652 g/mol. The van der Waals surface area contributed by atoms with Crippen molar-refractivity contribution >= 4 is 45.4 Å².